The summed E-state index contributed by atoms with van der Waals surface area (Å²) in [6.45, 7) is 3.27. The van der Waals surface area contributed by atoms with E-state index in [1.54, 1.807) is 25.1 Å². The average molecular weight is 300 g/mol. The smallest absolute Gasteiger partial charge is 0.343 e. The van der Waals surface area contributed by atoms with E-state index < -0.39 is 5.97 Å². The molecule has 1 aromatic carbocycles. The van der Waals surface area contributed by atoms with Crippen molar-refractivity contribution in [3.63, 3.8) is 0 Å². The fraction of sp³-hybridized carbons (Fsp3) is 0.286. The van der Waals surface area contributed by atoms with E-state index in [0.29, 0.717) is 16.5 Å². The van der Waals surface area contributed by atoms with E-state index in [1.165, 1.54) is 20.2 Å². The monoisotopic (exact) mass is 299 g/mol. The third kappa shape index (κ3) is 3.99. The van der Waals surface area contributed by atoms with E-state index in [4.69, 9.17) is 21.1 Å². The topological polar surface area (TPSA) is 68.1 Å². The van der Waals surface area contributed by atoms with Crippen LogP contribution in [0.5, 0.6) is 5.75 Å². The Morgan fingerprint density at radius 3 is 2.80 bits per heavy atom. The largest absolute Gasteiger partial charge is 0.512 e. The summed E-state index contributed by atoms with van der Waals surface area (Å²) < 4.78 is 9.97. The maximum Gasteiger partial charge on any atom is 0.343 e. The molecule has 0 spiro atoms. The number of benzene rings is 1. The number of carbonyl (C=O) groups excluding carboxylic acids is 1. The van der Waals surface area contributed by atoms with Crippen molar-refractivity contribution < 1.29 is 20.8 Å². The lowest BCUT2D eigenvalue weighted by molar-refractivity contribution is -0.138. The van der Waals surface area contributed by atoms with Gasteiger partial charge >= 0.3 is 5.97 Å². The first kappa shape index (κ1) is 16.0. The molecule has 0 aliphatic carbocycles. The van der Waals surface area contributed by atoms with Gasteiger partial charge in [0.15, 0.2) is 5.75 Å². The van der Waals surface area contributed by atoms with Crippen molar-refractivity contribution >= 4 is 29.5 Å². The Kier molecular flexibility index (Phi) is 6.06. The van der Waals surface area contributed by atoms with Crippen molar-refractivity contribution in [3.05, 3.63) is 34.6 Å². The van der Waals surface area contributed by atoms with Crippen LogP contribution in [-0.2, 0) is 9.53 Å². The summed E-state index contributed by atoms with van der Waals surface area (Å²) in [5.41, 5.74) is 0.428. The maximum absolute atomic E-state index is 11.6. The second-order valence-corrected chi connectivity index (χ2v) is 4.18. The Labute approximate surface area is 124 Å². The van der Waals surface area contributed by atoms with Gasteiger partial charge in [0, 0.05) is 7.64 Å². The lowest BCUT2D eigenvalue weighted by Gasteiger charge is -2.06. The molecule has 0 saturated heterocycles. The van der Waals surface area contributed by atoms with Crippen LogP contribution in [0.15, 0.2) is 34.5 Å². The standard InChI is InChI=1S/C14H16ClNO4.H2/c1-4-20-14(18)10(9(2)17)8-16-12-7-5-6-11(15)13(12)19-3;/h5-8,17H,4H2,1-3H3;1H. The van der Waals surface area contributed by atoms with Crippen molar-refractivity contribution in [1.82, 2.24) is 0 Å². The van der Waals surface area contributed by atoms with Crippen LogP contribution in [0.2, 0.25) is 5.02 Å². The van der Waals surface area contributed by atoms with Gasteiger partial charge in [-0.15, -0.1) is 0 Å². The van der Waals surface area contributed by atoms with Crippen molar-refractivity contribution in [3.8, 4) is 5.75 Å². The number of nitrogens with zero attached hydrogens (tertiary/aromatic N) is 1. The number of para-hydroxylation sites is 1. The van der Waals surface area contributed by atoms with Crippen LogP contribution < -0.4 is 4.74 Å². The van der Waals surface area contributed by atoms with Gasteiger partial charge in [0.25, 0.3) is 0 Å². The zero-order valence-corrected chi connectivity index (χ0v) is 12.3. The van der Waals surface area contributed by atoms with Crippen molar-refractivity contribution in [1.29, 1.82) is 0 Å². The van der Waals surface area contributed by atoms with Crippen LogP contribution in [0.25, 0.3) is 0 Å². The minimum Gasteiger partial charge on any atom is -0.512 e. The summed E-state index contributed by atoms with van der Waals surface area (Å²) in [4.78, 5) is 15.7. The molecule has 0 aliphatic rings. The predicted octanol–water partition coefficient (Wildman–Crippen LogP) is 3.69. The second-order valence-electron chi connectivity index (χ2n) is 3.77. The number of rotatable bonds is 5. The number of allylic oxidation sites excluding steroid dienone is 1. The molecule has 110 valence electrons. The third-order valence-electron chi connectivity index (χ3n) is 2.37. The highest BCUT2D eigenvalue weighted by Gasteiger charge is 2.13. The molecule has 1 rings (SSSR count). The molecule has 0 radical (unpaired) electrons. The fourth-order valence-electron chi connectivity index (χ4n) is 1.44. The average Bonchev–Trinajstić information content (AvgIpc) is 2.39. The molecule has 0 saturated carbocycles. The zero-order chi connectivity index (χ0) is 15.1. The number of ether oxygens (including phenoxy) is 2. The molecule has 0 unspecified atom stereocenters. The summed E-state index contributed by atoms with van der Waals surface area (Å²) in [5, 5.41) is 9.91. The summed E-state index contributed by atoms with van der Waals surface area (Å²) in [5.74, 6) is -0.422. The lowest BCUT2D eigenvalue weighted by Crippen LogP contribution is -2.10. The van der Waals surface area contributed by atoms with Crippen LogP contribution in [-0.4, -0.2) is 31.0 Å². The van der Waals surface area contributed by atoms with E-state index >= 15 is 0 Å². The Hall–Kier alpha value is -2.01. The lowest BCUT2D eigenvalue weighted by atomic mass is 10.2. The van der Waals surface area contributed by atoms with Gasteiger partial charge in [-0.25, -0.2) is 4.79 Å². The number of aliphatic hydroxyl groups is 1. The number of carbonyl (C=O) groups is 1. The quantitative estimate of drug-likeness (QED) is 0.390. The number of esters is 1. The molecule has 1 N–H and O–H groups in total. The molecular formula is C14H18ClNO4. The van der Waals surface area contributed by atoms with Gasteiger partial charge in [0.2, 0.25) is 0 Å². The molecule has 0 atom stereocenters. The van der Waals surface area contributed by atoms with Gasteiger partial charge in [0.1, 0.15) is 17.0 Å². The molecule has 0 fully saturated rings. The number of methoxy groups -OCH3 is 1. The van der Waals surface area contributed by atoms with Crippen LogP contribution in [0, 0.1) is 0 Å². The Bertz CT molecular complexity index is 554. The summed E-state index contributed by atoms with van der Waals surface area (Å²) >= 11 is 5.97. The van der Waals surface area contributed by atoms with E-state index in [-0.39, 0.29) is 19.4 Å². The summed E-state index contributed by atoms with van der Waals surface area (Å²) in [6, 6.07) is 5.05. The number of aliphatic imine (C=N–C) groups is 1. The molecule has 20 heavy (non-hydrogen) atoms. The van der Waals surface area contributed by atoms with Gasteiger partial charge in [0.05, 0.1) is 18.7 Å². The maximum atomic E-state index is 11.6. The van der Waals surface area contributed by atoms with Crippen LogP contribution in [0.3, 0.4) is 0 Å². The van der Waals surface area contributed by atoms with Crippen LogP contribution in [0.4, 0.5) is 5.69 Å². The molecule has 5 nitrogen and oxygen atoms in total. The van der Waals surface area contributed by atoms with Crippen LogP contribution >= 0.6 is 11.6 Å². The molecule has 0 amide bonds. The highest BCUT2D eigenvalue weighted by Crippen LogP contribution is 2.34. The zero-order valence-electron chi connectivity index (χ0n) is 11.5. The fourth-order valence-corrected chi connectivity index (χ4v) is 1.68. The minimum atomic E-state index is -0.641. The predicted molar refractivity (Wildman–Crippen MR) is 80.2 cm³/mol. The number of halogens is 1. The minimum absolute atomic E-state index is 0. The van der Waals surface area contributed by atoms with E-state index in [9.17, 15) is 9.90 Å². The van der Waals surface area contributed by atoms with Gasteiger partial charge in [-0.3, -0.25) is 4.99 Å². The van der Waals surface area contributed by atoms with Gasteiger partial charge in [-0.05, 0) is 26.0 Å². The molecule has 6 heteroatoms. The van der Waals surface area contributed by atoms with E-state index in [1.807, 2.05) is 0 Å². The Morgan fingerprint density at radius 1 is 1.55 bits per heavy atom. The molecule has 0 bridgehead atoms. The number of hydrogen-bond acceptors (Lipinski definition) is 5. The van der Waals surface area contributed by atoms with Crippen molar-refractivity contribution in [2.45, 2.75) is 13.8 Å². The SMILES string of the molecule is CCOC(=O)C(C=Nc1cccc(Cl)c1OC)=C(C)O.[HH]. The number of hydrogen-bond donors (Lipinski definition) is 1. The first-order valence-electron chi connectivity index (χ1n) is 5.94. The normalized spacial score (nSPS) is 12.2. The molecule has 1 aromatic rings. The highest BCUT2D eigenvalue weighted by atomic mass is 35.5. The van der Waals surface area contributed by atoms with Gasteiger partial charge in [-0.1, -0.05) is 17.7 Å². The molecule has 0 aliphatic heterocycles. The Balaban J connectivity index is 0.00000400. The van der Waals surface area contributed by atoms with Crippen molar-refractivity contribution in [2.24, 2.45) is 4.99 Å². The highest BCUT2D eigenvalue weighted by molar-refractivity contribution is 6.32. The van der Waals surface area contributed by atoms with E-state index in [2.05, 4.69) is 4.99 Å². The summed E-state index contributed by atoms with van der Waals surface area (Å²) in [6.07, 6.45) is 1.22. The first-order chi connectivity index (χ1) is 9.51. The van der Waals surface area contributed by atoms with Crippen LogP contribution in [0.1, 0.15) is 15.3 Å². The summed E-state index contributed by atoms with van der Waals surface area (Å²) in [7, 11) is 1.47. The Morgan fingerprint density at radius 2 is 2.25 bits per heavy atom. The molecule has 0 heterocycles. The third-order valence-corrected chi connectivity index (χ3v) is 2.67. The van der Waals surface area contributed by atoms with Crippen molar-refractivity contribution in [2.75, 3.05) is 13.7 Å². The van der Waals surface area contributed by atoms with E-state index in [0.717, 1.165) is 0 Å². The second kappa shape index (κ2) is 7.55. The number of aliphatic hydroxyl groups excluding tert-OH is 1. The first-order valence-corrected chi connectivity index (χ1v) is 6.32. The molecule has 0 aromatic heterocycles. The van der Waals surface area contributed by atoms with Gasteiger partial charge < -0.3 is 14.6 Å². The molecular weight excluding hydrogens is 282 g/mol. The van der Waals surface area contributed by atoms with Gasteiger partial charge in [-0.2, -0.15) is 0 Å².